The molecule has 1 aliphatic heterocycles. The van der Waals surface area contributed by atoms with Crippen molar-refractivity contribution in [3.8, 4) is 0 Å². The van der Waals surface area contributed by atoms with Crippen LogP contribution in [-0.2, 0) is 9.59 Å². The molecule has 17 heavy (non-hydrogen) atoms. The summed E-state index contributed by atoms with van der Waals surface area (Å²) in [6.45, 7) is 0. The highest BCUT2D eigenvalue weighted by Crippen LogP contribution is 2.25. The Morgan fingerprint density at radius 1 is 1.24 bits per heavy atom. The number of benzene rings is 1. The van der Waals surface area contributed by atoms with Gasteiger partial charge in [-0.05, 0) is 18.2 Å². The van der Waals surface area contributed by atoms with Crippen molar-refractivity contribution < 1.29 is 9.59 Å². The third kappa shape index (κ3) is 2.03. The Bertz CT molecular complexity index is 523. The molecular weight excluding hydrogens is 240 g/mol. The maximum Gasteiger partial charge on any atom is 0.281 e. The first kappa shape index (κ1) is 11.7. The van der Waals surface area contributed by atoms with Crippen molar-refractivity contribution in [3.63, 3.8) is 0 Å². The van der Waals surface area contributed by atoms with Crippen molar-refractivity contribution >= 4 is 29.1 Å². The SMILES string of the molecule is CN(C)C1=CC(=O)N(c2cccc(Cl)c2)C1=O. The van der Waals surface area contributed by atoms with E-state index in [0.717, 1.165) is 4.90 Å². The molecule has 1 aromatic rings. The molecule has 0 bridgehead atoms. The fourth-order valence-electron chi connectivity index (χ4n) is 1.64. The lowest BCUT2D eigenvalue weighted by atomic mass is 10.3. The molecule has 4 nitrogen and oxygen atoms in total. The van der Waals surface area contributed by atoms with Crippen LogP contribution in [0.25, 0.3) is 0 Å². The van der Waals surface area contributed by atoms with Crippen LogP contribution in [0.5, 0.6) is 0 Å². The van der Waals surface area contributed by atoms with Gasteiger partial charge in [0.05, 0.1) is 5.69 Å². The van der Waals surface area contributed by atoms with Crippen molar-refractivity contribution in [2.45, 2.75) is 0 Å². The Morgan fingerprint density at radius 2 is 1.94 bits per heavy atom. The minimum Gasteiger partial charge on any atom is -0.373 e. The molecule has 0 saturated heterocycles. The first-order valence-electron chi connectivity index (χ1n) is 5.03. The number of nitrogens with zero attached hydrogens (tertiary/aromatic N) is 2. The summed E-state index contributed by atoms with van der Waals surface area (Å²) >= 11 is 5.84. The van der Waals surface area contributed by atoms with E-state index in [1.807, 2.05) is 0 Å². The van der Waals surface area contributed by atoms with Gasteiger partial charge >= 0.3 is 0 Å². The van der Waals surface area contributed by atoms with Crippen molar-refractivity contribution in [1.29, 1.82) is 0 Å². The van der Waals surface area contributed by atoms with E-state index in [9.17, 15) is 9.59 Å². The predicted octanol–water partition coefficient (Wildman–Crippen LogP) is 1.66. The second-order valence-corrected chi connectivity index (χ2v) is 4.32. The van der Waals surface area contributed by atoms with Crippen LogP contribution in [0.2, 0.25) is 5.02 Å². The zero-order chi connectivity index (χ0) is 12.6. The molecule has 0 aromatic heterocycles. The fraction of sp³-hybridized carbons (Fsp3) is 0.167. The fourth-order valence-corrected chi connectivity index (χ4v) is 1.82. The average Bonchev–Trinajstić information content (AvgIpc) is 2.54. The lowest BCUT2D eigenvalue weighted by molar-refractivity contribution is -0.120. The number of hydrogen-bond acceptors (Lipinski definition) is 3. The van der Waals surface area contributed by atoms with Gasteiger partial charge in [-0.1, -0.05) is 17.7 Å². The third-order valence-corrected chi connectivity index (χ3v) is 2.69. The van der Waals surface area contributed by atoms with Gasteiger partial charge < -0.3 is 4.90 Å². The van der Waals surface area contributed by atoms with E-state index in [1.165, 1.54) is 6.08 Å². The third-order valence-electron chi connectivity index (χ3n) is 2.45. The smallest absolute Gasteiger partial charge is 0.281 e. The van der Waals surface area contributed by atoms with Crippen molar-refractivity contribution in [2.75, 3.05) is 19.0 Å². The normalized spacial score (nSPS) is 15.2. The highest BCUT2D eigenvalue weighted by atomic mass is 35.5. The van der Waals surface area contributed by atoms with E-state index >= 15 is 0 Å². The Balaban J connectivity index is 2.38. The second kappa shape index (κ2) is 4.22. The van der Waals surface area contributed by atoms with Gasteiger partial charge in [-0.3, -0.25) is 9.59 Å². The van der Waals surface area contributed by atoms with Gasteiger partial charge in [-0.15, -0.1) is 0 Å². The number of anilines is 1. The number of carbonyl (C=O) groups excluding carboxylic acids is 2. The molecule has 1 heterocycles. The molecular formula is C12H11ClN2O2. The zero-order valence-electron chi connectivity index (χ0n) is 9.48. The van der Waals surface area contributed by atoms with Gasteiger partial charge in [0.1, 0.15) is 5.70 Å². The van der Waals surface area contributed by atoms with Crippen LogP contribution in [-0.4, -0.2) is 30.8 Å². The van der Waals surface area contributed by atoms with Gasteiger partial charge in [0, 0.05) is 25.2 Å². The number of rotatable bonds is 2. The topological polar surface area (TPSA) is 40.6 Å². The lowest BCUT2D eigenvalue weighted by Crippen LogP contribution is -2.33. The van der Waals surface area contributed by atoms with Crippen molar-refractivity contribution in [1.82, 2.24) is 4.90 Å². The lowest BCUT2D eigenvalue weighted by Gasteiger charge is -2.17. The van der Waals surface area contributed by atoms with Crippen LogP contribution in [0, 0.1) is 0 Å². The van der Waals surface area contributed by atoms with Crippen LogP contribution in [0.1, 0.15) is 0 Å². The predicted molar refractivity (Wildman–Crippen MR) is 65.7 cm³/mol. The van der Waals surface area contributed by atoms with Gasteiger partial charge in [-0.25, -0.2) is 4.90 Å². The molecule has 0 unspecified atom stereocenters. The number of carbonyl (C=O) groups is 2. The Labute approximate surface area is 104 Å². The summed E-state index contributed by atoms with van der Waals surface area (Å²) in [6.07, 6.45) is 1.32. The molecule has 5 heteroatoms. The van der Waals surface area contributed by atoms with Gasteiger partial charge in [0.15, 0.2) is 0 Å². The maximum atomic E-state index is 12.0. The monoisotopic (exact) mass is 250 g/mol. The molecule has 0 aliphatic carbocycles. The number of hydrogen-bond donors (Lipinski definition) is 0. The molecule has 0 fully saturated rings. The molecule has 1 aliphatic rings. The largest absolute Gasteiger partial charge is 0.373 e. The van der Waals surface area contributed by atoms with Crippen LogP contribution in [0.4, 0.5) is 5.69 Å². The van der Waals surface area contributed by atoms with Crippen LogP contribution in [0.3, 0.4) is 0 Å². The minimum atomic E-state index is -0.346. The summed E-state index contributed by atoms with van der Waals surface area (Å²) in [4.78, 5) is 26.5. The van der Waals surface area contributed by atoms with E-state index in [0.29, 0.717) is 16.4 Å². The van der Waals surface area contributed by atoms with E-state index in [1.54, 1.807) is 43.3 Å². The zero-order valence-corrected chi connectivity index (χ0v) is 10.2. The minimum absolute atomic E-state index is 0.331. The van der Waals surface area contributed by atoms with Gasteiger partial charge in [-0.2, -0.15) is 0 Å². The number of amides is 2. The Kier molecular flexibility index (Phi) is 2.90. The Morgan fingerprint density at radius 3 is 2.47 bits per heavy atom. The summed E-state index contributed by atoms with van der Waals surface area (Å²) in [7, 11) is 3.44. The van der Waals surface area contributed by atoms with Crippen LogP contribution < -0.4 is 4.90 Å². The average molecular weight is 251 g/mol. The number of halogens is 1. The van der Waals surface area contributed by atoms with E-state index in [-0.39, 0.29) is 11.8 Å². The van der Waals surface area contributed by atoms with Crippen molar-refractivity contribution in [3.05, 3.63) is 41.1 Å². The molecule has 2 rings (SSSR count). The highest BCUT2D eigenvalue weighted by Gasteiger charge is 2.33. The molecule has 88 valence electrons. The van der Waals surface area contributed by atoms with Gasteiger partial charge in [0.2, 0.25) is 0 Å². The molecule has 0 spiro atoms. The first-order chi connectivity index (χ1) is 8.00. The molecule has 2 amide bonds. The molecule has 0 saturated carbocycles. The Hall–Kier alpha value is -1.81. The standard InChI is InChI=1S/C12H11ClN2O2/c1-14(2)10-7-11(16)15(12(10)17)9-5-3-4-8(13)6-9/h3-7H,1-2H3. The summed E-state index contributed by atoms with van der Waals surface area (Å²) in [5.74, 6) is -0.678. The van der Waals surface area contributed by atoms with Crippen LogP contribution in [0.15, 0.2) is 36.0 Å². The summed E-state index contributed by atoms with van der Waals surface area (Å²) < 4.78 is 0. The summed E-state index contributed by atoms with van der Waals surface area (Å²) in [5.41, 5.74) is 0.857. The molecule has 1 aromatic carbocycles. The number of likely N-dealkylation sites (N-methyl/N-ethyl adjacent to an activating group) is 1. The van der Waals surface area contributed by atoms with E-state index in [2.05, 4.69) is 0 Å². The second-order valence-electron chi connectivity index (χ2n) is 3.88. The number of imide groups is 1. The molecule has 0 atom stereocenters. The molecule has 0 N–H and O–H groups in total. The van der Waals surface area contributed by atoms with E-state index < -0.39 is 0 Å². The van der Waals surface area contributed by atoms with Crippen LogP contribution >= 0.6 is 11.6 Å². The first-order valence-corrected chi connectivity index (χ1v) is 5.41. The summed E-state index contributed by atoms with van der Waals surface area (Å²) in [5, 5.41) is 0.487. The maximum absolute atomic E-state index is 12.0. The van der Waals surface area contributed by atoms with Crippen molar-refractivity contribution in [2.24, 2.45) is 0 Å². The summed E-state index contributed by atoms with van der Waals surface area (Å²) in [6, 6.07) is 6.65. The van der Waals surface area contributed by atoms with Gasteiger partial charge in [0.25, 0.3) is 11.8 Å². The van der Waals surface area contributed by atoms with E-state index in [4.69, 9.17) is 11.6 Å². The highest BCUT2D eigenvalue weighted by molar-refractivity contribution is 6.33. The quantitative estimate of drug-likeness (QED) is 0.750. The molecule has 0 radical (unpaired) electrons.